The molecule has 0 rings (SSSR count). The van der Waals surface area contributed by atoms with Crippen molar-refractivity contribution in [2.45, 2.75) is 117 Å². The summed E-state index contributed by atoms with van der Waals surface area (Å²) < 4.78 is 0. The van der Waals surface area contributed by atoms with Gasteiger partial charge in [0.25, 0.3) is 0 Å². The van der Waals surface area contributed by atoms with Crippen LogP contribution in [0.15, 0.2) is 0 Å². The van der Waals surface area contributed by atoms with Crippen LogP contribution in [0.1, 0.15) is 111 Å². The first-order valence-corrected chi connectivity index (χ1v) is 9.03. The minimum atomic E-state index is -0.543. The third-order valence-corrected chi connectivity index (χ3v) is 4.59. The predicted octanol–water partition coefficient (Wildman–Crippen LogP) is 6.44. The van der Waals surface area contributed by atoms with Gasteiger partial charge in [-0.05, 0) is 13.3 Å². The fourth-order valence-electron chi connectivity index (χ4n) is 2.56. The summed E-state index contributed by atoms with van der Waals surface area (Å²) in [6.07, 6.45) is 17.4. The van der Waals surface area contributed by atoms with E-state index in [1.165, 1.54) is 70.6 Å². The van der Waals surface area contributed by atoms with Gasteiger partial charge in [-0.15, -0.1) is 0 Å². The highest BCUT2D eigenvalue weighted by Gasteiger charge is 2.24. The first-order valence-electron chi connectivity index (χ1n) is 9.03. The number of hydrogen-bond donors (Lipinski definition) is 1. The maximum atomic E-state index is 10.1. The minimum absolute atomic E-state index is 0.543. The van der Waals surface area contributed by atoms with Gasteiger partial charge >= 0.3 is 0 Å². The fourth-order valence-corrected chi connectivity index (χ4v) is 2.56. The molecule has 1 heteroatoms. The van der Waals surface area contributed by atoms with Crippen molar-refractivity contribution in [3.05, 3.63) is 5.92 Å². The molecule has 0 saturated heterocycles. The number of hydrogen-bond acceptors (Lipinski definition) is 1. The Morgan fingerprint density at radius 3 is 1.40 bits per heavy atom. The molecule has 0 aliphatic carbocycles. The third-order valence-electron chi connectivity index (χ3n) is 4.59. The summed E-state index contributed by atoms with van der Waals surface area (Å²) >= 11 is 0. The zero-order valence-corrected chi connectivity index (χ0v) is 14.6. The highest BCUT2D eigenvalue weighted by Crippen LogP contribution is 2.25. The van der Waals surface area contributed by atoms with E-state index in [1.807, 2.05) is 20.8 Å². The van der Waals surface area contributed by atoms with Crippen LogP contribution in [-0.4, -0.2) is 10.7 Å². The lowest BCUT2D eigenvalue weighted by Crippen LogP contribution is -2.29. The molecule has 1 N–H and O–H groups in total. The second kappa shape index (κ2) is 12.7. The maximum Gasteiger partial charge on any atom is 0.0676 e. The summed E-state index contributed by atoms with van der Waals surface area (Å²) in [5, 5.41) is 10.1. The highest BCUT2D eigenvalue weighted by molar-refractivity contribution is 4.98. The van der Waals surface area contributed by atoms with E-state index in [0.717, 1.165) is 18.8 Å². The Bertz CT molecular complexity index is 196. The Labute approximate surface area is 128 Å². The van der Waals surface area contributed by atoms with Gasteiger partial charge in [0, 0.05) is 5.92 Å². The van der Waals surface area contributed by atoms with E-state index in [2.05, 4.69) is 6.92 Å². The van der Waals surface area contributed by atoms with Gasteiger partial charge < -0.3 is 5.11 Å². The molecular weight excluding hydrogens is 244 g/mol. The summed E-state index contributed by atoms with van der Waals surface area (Å²) in [6.45, 7) is 8.28. The van der Waals surface area contributed by atoms with Crippen LogP contribution in [0.2, 0.25) is 0 Å². The average molecular weight is 284 g/mol. The van der Waals surface area contributed by atoms with Crippen molar-refractivity contribution >= 4 is 0 Å². The summed E-state index contributed by atoms with van der Waals surface area (Å²) in [7, 11) is 0. The van der Waals surface area contributed by atoms with Gasteiger partial charge in [-0.25, -0.2) is 0 Å². The summed E-state index contributed by atoms with van der Waals surface area (Å²) in [5.74, 6) is 1.14. The Balaban J connectivity index is 3.17. The molecule has 0 aromatic carbocycles. The smallest absolute Gasteiger partial charge is 0.0676 e. The van der Waals surface area contributed by atoms with E-state index < -0.39 is 5.60 Å². The monoisotopic (exact) mass is 283 g/mol. The van der Waals surface area contributed by atoms with Crippen LogP contribution in [0, 0.1) is 5.92 Å². The topological polar surface area (TPSA) is 20.2 Å². The van der Waals surface area contributed by atoms with Crippen LogP contribution in [0.3, 0.4) is 0 Å². The summed E-state index contributed by atoms with van der Waals surface area (Å²) in [4.78, 5) is 0. The van der Waals surface area contributed by atoms with Crippen LogP contribution in [0.4, 0.5) is 0 Å². The first kappa shape index (κ1) is 20.0. The molecule has 0 aromatic heterocycles. The molecule has 0 saturated carbocycles. The Hall–Kier alpha value is -0.0400. The summed E-state index contributed by atoms with van der Waals surface area (Å²) in [6, 6.07) is 0. The van der Waals surface area contributed by atoms with E-state index in [0.29, 0.717) is 0 Å². The van der Waals surface area contributed by atoms with Crippen molar-refractivity contribution in [1.29, 1.82) is 0 Å². The Morgan fingerprint density at radius 2 is 1.05 bits per heavy atom. The van der Waals surface area contributed by atoms with Gasteiger partial charge in [0.1, 0.15) is 0 Å². The normalized spacial score (nSPS) is 14.7. The van der Waals surface area contributed by atoms with E-state index in [4.69, 9.17) is 0 Å². The van der Waals surface area contributed by atoms with Crippen LogP contribution >= 0.6 is 0 Å². The standard InChI is InChI=1S/C19H39O/c1-5-6-7-8-9-10-11-12-13-14-15-16-17-19(4,20)18(2)3/h20H,5-17H2,1-4H3. The zero-order valence-electron chi connectivity index (χ0n) is 14.6. The van der Waals surface area contributed by atoms with E-state index in [1.54, 1.807) is 0 Å². The molecular formula is C19H39O. The molecule has 1 radical (unpaired) electrons. The first-order chi connectivity index (χ1) is 9.50. The lowest BCUT2D eigenvalue weighted by molar-refractivity contribution is 0.0638. The number of unbranched alkanes of at least 4 members (excludes halogenated alkanes) is 11. The quantitative estimate of drug-likeness (QED) is 0.363. The molecule has 0 bridgehead atoms. The molecule has 1 unspecified atom stereocenters. The van der Waals surface area contributed by atoms with Gasteiger partial charge in [0.15, 0.2) is 0 Å². The lowest BCUT2D eigenvalue weighted by atomic mass is 9.87. The molecule has 0 aliphatic heterocycles. The van der Waals surface area contributed by atoms with Gasteiger partial charge in [0.05, 0.1) is 5.60 Å². The molecule has 1 nitrogen and oxygen atoms in total. The third kappa shape index (κ3) is 11.8. The second-order valence-electron chi connectivity index (χ2n) is 6.91. The van der Waals surface area contributed by atoms with Crippen molar-refractivity contribution < 1.29 is 5.11 Å². The van der Waals surface area contributed by atoms with Crippen molar-refractivity contribution in [2.24, 2.45) is 0 Å². The molecule has 0 amide bonds. The van der Waals surface area contributed by atoms with Crippen molar-refractivity contribution in [3.8, 4) is 0 Å². The van der Waals surface area contributed by atoms with Gasteiger partial charge in [-0.3, -0.25) is 0 Å². The molecule has 0 aliphatic rings. The van der Waals surface area contributed by atoms with E-state index in [-0.39, 0.29) is 0 Å². The van der Waals surface area contributed by atoms with Crippen LogP contribution in [-0.2, 0) is 0 Å². The Kier molecular flexibility index (Phi) is 12.7. The molecule has 1 atom stereocenters. The molecule has 0 fully saturated rings. The van der Waals surface area contributed by atoms with Crippen molar-refractivity contribution in [2.75, 3.05) is 0 Å². The zero-order chi connectivity index (χ0) is 15.3. The van der Waals surface area contributed by atoms with Gasteiger partial charge in [-0.1, -0.05) is 97.8 Å². The largest absolute Gasteiger partial charge is 0.390 e. The molecule has 20 heavy (non-hydrogen) atoms. The second-order valence-corrected chi connectivity index (χ2v) is 6.91. The molecule has 0 aromatic rings. The van der Waals surface area contributed by atoms with Crippen LogP contribution < -0.4 is 0 Å². The van der Waals surface area contributed by atoms with Crippen molar-refractivity contribution in [3.63, 3.8) is 0 Å². The number of rotatable bonds is 14. The van der Waals surface area contributed by atoms with E-state index in [9.17, 15) is 5.11 Å². The lowest BCUT2D eigenvalue weighted by Gasteiger charge is -2.27. The average Bonchev–Trinajstić information content (AvgIpc) is 2.39. The SMILES string of the molecule is CCCCCCCCCCCCCCC(C)(O)[C](C)C. The molecule has 121 valence electrons. The predicted molar refractivity (Wildman–Crippen MR) is 90.9 cm³/mol. The van der Waals surface area contributed by atoms with Crippen LogP contribution in [0.5, 0.6) is 0 Å². The van der Waals surface area contributed by atoms with Crippen LogP contribution in [0.25, 0.3) is 0 Å². The molecule has 0 heterocycles. The maximum absolute atomic E-state index is 10.1. The fraction of sp³-hybridized carbons (Fsp3) is 0.947. The summed E-state index contributed by atoms with van der Waals surface area (Å²) in [5.41, 5.74) is -0.543. The van der Waals surface area contributed by atoms with Crippen molar-refractivity contribution in [1.82, 2.24) is 0 Å². The van der Waals surface area contributed by atoms with E-state index >= 15 is 0 Å². The highest BCUT2D eigenvalue weighted by atomic mass is 16.3. The minimum Gasteiger partial charge on any atom is -0.390 e. The van der Waals surface area contributed by atoms with Gasteiger partial charge in [0.2, 0.25) is 0 Å². The molecule has 0 spiro atoms. The Morgan fingerprint density at radius 1 is 0.700 bits per heavy atom. The number of aliphatic hydroxyl groups is 1. The van der Waals surface area contributed by atoms with Gasteiger partial charge in [-0.2, -0.15) is 0 Å².